The van der Waals surface area contributed by atoms with Gasteiger partial charge in [-0.3, -0.25) is 0 Å². The van der Waals surface area contributed by atoms with Gasteiger partial charge in [0, 0.05) is 11.3 Å². The maximum absolute atomic E-state index is 11.3. The van der Waals surface area contributed by atoms with Crippen molar-refractivity contribution in [3.8, 4) is 17.4 Å². The van der Waals surface area contributed by atoms with Crippen LogP contribution in [0, 0.1) is 25.2 Å². The van der Waals surface area contributed by atoms with E-state index in [2.05, 4.69) is 5.32 Å². The van der Waals surface area contributed by atoms with Gasteiger partial charge in [0.15, 0.2) is 6.23 Å². The zero-order valence-corrected chi connectivity index (χ0v) is 17.1. The molecule has 7 heteroatoms. The van der Waals surface area contributed by atoms with Gasteiger partial charge in [0.1, 0.15) is 11.5 Å². The second kappa shape index (κ2) is 8.87. The van der Waals surface area contributed by atoms with Crippen LogP contribution in [-0.4, -0.2) is 22.4 Å². The third kappa shape index (κ3) is 4.71. The van der Waals surface area contributed by atoms with Crippen LogP contribution in [0.25, 0.3) is 17.4 Å². The molecule has 0 aliphatic rings. The minimum absolute atomic E-state index is 0.0339. The number of aromatic carboxylic acids is 1. The summed E-state index contributed by atoms with van der Waals surface area (Å²) in [6.45, 7) is 3.95. The van der Waals surface area contributed by atoms with Gasteiger partial charge in [0.25, 0.3) is 0 Å². The number of benzene rings is 2. The van der Waals surface area contributed by atoms with Gasteiger partial charge in [-0.05, 0) is 73.5 Å². The van der Waals surface area contributed by atoms with Crippen molar-refractivity contribution in [1.29, 1.82) is 5.26 Å². The van der Waals surface area contributed by atoms with Crippen molar-refractivity contribution in [2.24, 2.45) is 0 Å². The molecule has 3 rings (SSSR count). The Morgan fingerprint density at radius 2 is 1.93 bits per heavy atom. The minimum atomic E-state index is -1.22. The normalized spacial score (nSPS) is 12.3. The third-order valence-corrected chi connectivity index (χ3v) is 4.97. The Balaban J connectivity index is 1.83. The number of aliphatic hydroxyl groups is 1. The fraction of sp³-hybridized carbons (Fsp3) is 0.130. The summed E-state index contributed by atoms with van der Waals surface area (Å²) in [4.78, 5) is 11.3. The first-order valence-corrected chi connectivity index (χ1v) is 9.43. The maximum atomic E-state index is 11.3. The quantitative estimate of drug-likeness (QED) is 0.370. The highest BCUT2D eigenvalue weighted by molar-refractivity contribution is 6.33. The van der Waals surface area contributed by atoms with E-state index >= 15 is 0 Å². The van der Waals surface area contributed by atoms with Crippen molar-refractivity contribution >= 4 is 29.3 Å². The van der Waals surface area contributed by atoms with Crippen LogP contribution in [0.15, 0.2) is 58.5 Å². The Morgan fingerprint density at radius 1 is 1.17 bits per heavy atom. The molecule has 0 amide bonds. The van der Waals surface area contributed by atoms with E-state index in [4.69, 9.17) is 16.0 Å². The summed E-state index contributed by atoms with van der Waals surface area (Å²) in [7, 11) is 0. The SMILES string of the molecule is Cc1ccc(NC(O)/C(C#N)=C/c2ccc(-c3ccc(Cl)c(C(=O)O)c3)o2)cc1C. The lowest BCUT2D eigenvalue weighted by molar-refractivity contribution is 0.0697. The molecule has 0 aliphatic carbocycles. The van der Waals surface area contributed by atoms with Crippen LogP contribution < -0.4 is 5.32 Å². The summed E-state index contributed by atoms with van der Waals surface area (Å²) in [5, 5.41) is 32.1. The molecule has 1 aromatic heterocycles. The molecule has 0 saturated heterocycles. The number of anilines is 1. The van der Waals surface area contributed by atoms with Crippen LogP contribution in [0.1, 0.15) is 27.2 Å². The number of furan rings is 1. The molecule has 30 heavy (non-hydrogen) atoms. The Hall–Kier alpha value is -3.53. The van der Waals surface area contributed by atoms with Crippen molar-refractivity contribution in [2.75, 3.05) is 5.32 Å². The van der Waals surface area contributed by atoms with Gasteiger partial charge in [0.2, 0.25) is 0 Å². The average Bonchev–Trinajstić information content (AvgIpc) is 3.17. The summed E-state index contributed by atoms with van der Waals surface area (Å²) < 4.78 is 5.71. The zero-order chi connectivity index (χ0) is 21.8. The molecular formula is C23H19ClN2O4. The predicted molar refractivity (Wildman–Crippen MR) is 115 cm³/mol. The number of aryl methyl sites for hydroxylation is 2. The number of nitrogens with one attached hydrogen (secondary N) is 1. The second-order valence-electron chi connectivity index (χ2n) is 6.76. The van der Waals surface area contributed by atoms with Gasteiger partial charge in [-0.1, -0.05) is 17.7 Å². The summed E-state index contributed by atoms with van der Waals surface area (Å²) in [6.07, 6.45) is 0.204. The summed E-state index contributed by atoms with van der Waals surface area (Å²) in [5.74, 6) is -0.385. The highest BCUT2D eigenvalue weighted by Crippen LogP contribution is 2.28. The Kier molecular flexibility index (Phi) is 6.26. The Morgan fingerprint density at radius 3 is 2.60 bits per heavy atom. The first-order valence-electron chi connectivity index (χ1n) is 9.05. The molecule has 1 unspecified atom stereocenters. The lowest BCUT2D eigenvalue weighted by Crippen LogP contribution is -2.20. The molecule has 3 aromatic rings. The van der Waals surface area contributed by atoms with E-state index in [1.807, 2.05) is 38.1 Å². The van der Waals surface area contributed by atoms with Gasteiger partial charge in [-0.25, -0.2) is 4.79 Å². The largest absolute Gasteiger partial charge is 0.478 e. The first kappa shape index (κ1) is 21.2. The molecule has 2 aromatic carbocycles. The molecule has 0 aliphatic heterocycles. The number of carboxylic acid groups (broad SMARTS) is 1. The fourth-order valence-corrected chi connectivity index (χ4v) is 3.02. The van der Waals surface area contributed by atoms with Crippen LogP contribution in [0.5, 0.6) is 0 Å². The van der Waals surface area contributed by atoms with Crippen LogP contribution >= 0.6 is 11.6 Å². The van der Waals surface area contributed by atoms with Gasteiger partial charge in [0.05, 0.1) is 22.2 Å². The Bertz CT molecular complexity index is 1170. The topological polar surface area (TPSA) is 106 Å². The average molecular weight is 423 g/mol. The maximum Gasteiger partial charge on any atom is 0.337 e. The van der Waals surface area contributed by atoms with Gasteiger partial charge in [-0.2, -0.15) is 5.26 Å². The first-order chi connectivity index (χ1) is 14.3. The van der Waals surface area contributed by atoms with Crippen molar-refractivity contribution in [3.05, 3.63) is 81.6 Å². The zero-order valence-electron chi connectivity index (χ0n) is 16.3. The monoisotopic (exact) mass is 422 g/mol. The van der Waals surface area contributed by atoms with E-state index in [0.29, 0.717) is 22.8 Å². The molecule has 152 valence electrons. The van der Waals surface area contributed by atoms with E-state index in [1.165, 1.54) is 18.2 Å². The van der Waals surface area contributed by atoms with E-state index in [9.17, 15) is 20.3 Å². The number of carbonyl (C=O) groups is 1. The molecule has 6 nitrogen and oxygen atoms in total. The lowest BCUT2D eigenvalue weighted by Gasteiger charge is -2.14. The molecule has 0 saturated carbocycles. The van der Waals surface area contributed by atoms with Crippen molar-refractivity contribution in [1.82, 2.24) is 0 Å². The summed E-state index contributed by atoms with van der Waals surface area (Å²) in [6, 6.07) is 15.4. The van der Waals surface area contributed by atoms with Crippen LogP contribution in [0.4, 0.5) is 5.69 Å². The van der Waals surface area contributed by atoms with E-state index in [0.717, 1.165) is 11.1 Å². The van der Waals surface area contributed by atoms with Gasteiger partial charge in [-0.15, -0.1) is 0 Å². The number of nitrogens with zero attached hydrogens (tertiary/aromatic N) is 1. The van der Waals surface area contributed by atoms with E-state index in [1.54, 1.807) is 18.2 Å². The highest BCUT2D eigenvalue weighted by Gasteiger charge is 2.14. The molecular weight excluding hydrogens is 404 g/mol. The number of hydrogen-bond acceptors (Lipinski definition) is 5. The fourth-order valence-electron chi connectivity index (χ4n) is 2.82. The number of hydrogen-bond donors (Lipinski definition) is 3. The third-order valence-electron chi connectivity index (χ3n) is 4.64. The second-order valence-corrected chi connectivity index (χ2v) is 7.17. The number of halogens is 1. The number of aliphatic hydroxyl groups excluding tert-OH is 1. The molecule has 3 N–H and O–H groups in total. The van der Waals surface area contributed by atoms with Crippen molar-refractivity contribution < 1.29 is 19.4 Å². The highest BCUT2D eigenvalue weighted by atomic mass is 35.5. The minimum Gasteiger partial charge on any atom is -0.478 e. The molecule has 0 spiro atoms. The molecule has 1 atom stereocenters. The molecule has 0 fully saturated rings. The smallest absolute Gasteiger partial charge is 0.337 e. The molecule has 0 radical (unpaired) electrons. The van der Waals surface area contributed by atoms with Crippen molar-refractivity contribution in [3.63, 3.8) is 0 Å². The molecule has 1 heterocycles. The van der Waals surface area contributed by atoms with Crippen LogP contribution in [0.3, 0.4) is 0 Å². The van der Waals surface area contributed by atoms with Crippen LogP contribution in [0.2, 0.25) is 5.02 Å². The predicted octanol–water partition coefficient (Wildman–Crippen LogP) is 5.25. The van der Waals surface area contributed by atoms with Crippen molar-refractivity contribution in [2.45, 2.75) is 20.1 Å². The van der Waals surface area contributed by atoms with Gasteiger partial charge < -0.3 is 19.9 Å². The number of carboxylic acids is 1. The lowest BCUT2D eigenvalue weighted by atomic mass is 10.1. The Labute approximate surface area is 178 Å². The number of nitriles is 1. The summed E-state index contributed by atoms with van der Waals surface area (Å²) >= 11 is 5.90. The van der Waals surface area contributed by atoms with Gasteiger partial charge >= 0.3 is 5.97 Å². The van der Waals surface area contributed by atoms with Crippen LogP contribution in [-0.2, 0) is 0 Å². The standard InChI is InChI=1S/C23H19ClN2O4/c1-13-3-5-17(9-14(13)2)26-22(27)16(12-25)10-18-6-8-21(30-18)15-4-7-20(24)19(11-15)23(28)29/h3-11,22,26-27H,1-2H3,(H,28,29)/b16-10+. The van der Waals surface area contributed by atoms with E-state index < -0.39 is 12.2 Å². The summed E-state index contributed by atoms with van der Waals surface area (Å²) in [5.41, 5.74) is 3.44. The van der Waals surface area contributed by atoms with E-state index in [-0.39, 0.29) is 16.2 Å². The molecule has 0 bridgehead atoms. The number of rotatable bonds is 6.